The van der Waals surface area contributed by atoms with Crippen LogP contribution in [0.1, 0.15) is 18.1 Å². The van der Waals surface area contributed by atoms with Crippen LogP contribution in [0.25, 0.3) is 12.2 Å². The Balaban J connectivity index is 2.54. The average Bonchev–Trinajstić information content (AvgIpc) is 2.76. The molecule has 1 heterocycles. The summed E-state index contributed by atoms with van der Waals surface area (Å²) in [4.78, 5) is 23.7. The molecule has 22 heavy (non-hydrogen) atoms. The highest BCUT2D eigenvalue weighted by Gasteiger charge is 2.03. The molecule has 0 bridgehead atoms. The monoisotopic (exact) mass is 314 g/mol. The molecule has 0 saturated carbocycles. The van der Waals surface area contributed by atoms with Crippen LogP contribution in [-0.2, 0) is 16.6 Å². The minimum absolute atomic E-state index is 0.192. The van der Waals surface area contributed by atoms with Gasteiger partial charge in [0.05, 0.1) is 28.8 Å². The van der Waals surface area contributed by atoms with Gasteiger partial charge in [-0.25, -0.2) is 4.79 Å². The Hall–Kier alpha value is -2.65. The molecule has 0 spiro atoms. The van der Waals surface area contributed by atoms with E-state index < -0.39 is 5.97 Å². The summed E-state index contributed by atoms with van der Waals surface area (Å²) in [5, 5.41) is 8.90. The minimum atomic E-state index is -0.475. The van der Waals surface area contributed by atoms with Crippen molar-refractivity contribution in [3.05, 3.63) is 54.9 Å². The van der Waals surface area contributed by atoms with Crippen LogP contribution in [0.2, 0.25) is 0 Å². The fraction of sp³-hybridized carbons (Fsp3) is 0.188. The van der Waals surface area contributed by atoms with Gasteiger partial charge in [-0.15, -0.1) is 11.3 Å². The third-order valence-electron chi connectivity index (χ3n) is 2.90. The van der Waals surface area contributed by atoms with Gasteiger partial charge in [0.2, 0.25) is 0 Å². The highest BCUT2D eigenvalue weighted by molar-refractivity contribution is 7.07. The van der Waals surface area contributed by atoms with Crippen molar-refractivity contribution >= 4 is 29.5 Å². The van der Waals surface area contributed by atoms with Crippen LogP contribution >= 0.6 is 11.3 Å². The highest BCUT2D eigenvalue weighted by atomic mass is 32.1. The number of nitriles is 1. The van der Waals surface area contributed by atoms with E-state index in [1.165, 1.54) is 22.0 Å². The lowest BCUT2D eigenvalue weighted by Gasteiger charge is -1.93. The molecule has 6 heteroatoms. The predicted molar refractivity (Wildman–Crippen MR) is 84.6 cm³/mol. The average molecular weight is 314 g/mol. The minimum Gasteiger partial charge on any atom is -0.463 e. The molecule has 0 aliphatic carbocycles. The number of thiazole rings is 1. The number of ether oxygens (including phenoxy) is 1. The summed E-state index contributed by atoms with van der Waals surface area (Å²) in [5.41, 5.74) is 1.10. The van der Waals surface area contributed by atoms with Crippen molar-refractivity contribution in [3.8, 4) is 6.07 Å². The van der Waals surface area contributed by atoms with Crippen molar-refractivity contribution in [3.63, 3.8) is 0 Å². The number of aromatic nitrogens is 1. The van der Waals surface area contributed by atoms with Gasteiger partial charge >= 0.3 is 5.97 Å². The van der Waals surface area contributed by atoms with E-state index in [4.69, 9.17) is 10.00 Å². The standard InChI is InChI=1S/C16H14N2O3S/c1-3-21-15(19)9-14-18(2)16(20)13(22-14)8-11-5-4-6-12(7-11)10-17/h4-9H,3H2,1-2H3. The SMILES string of the molecule is CCOC(=O)C=c1sc(=Cc2cccc(C#N)c2)c(=O)n1C. The van der Waals surface area contributed by atoms with Crippen LogP contribution in [0.4, 0.5) is 0 Å². The molecule has 2 rings (SSSR count). The van der Waals surface area contributed by atoms with Crippen LogP contribution in [0.5, 0.6) is 0 Å². The Bertz CT molecular complexity index is 916. The molecular formula is C16H14N2O3S. The molecule has 0 atom stereocenters. The van der Waals surface area contributed by atoms with Gasteiger partial charge in [-0.05, 0) is 30.7 Å². The van der Waals surface area contributed by atoms with Crippen LogP contribution in [0.15, 0.2) is 29.1 Å². The Morgan fingerprint density at radius 2 is 2.27 bits per heavy atom. The summed E-state index contributed by atoms with van der Waals surface area (Å²) < 4.78 is 7.27. The van der Waals surface area contributed by atoms with E-state index in [2.05, 4.69) is 6.07 Å². The van der Waals surface area contributed by atoms with E-state index >= 15 is 0 Å². The zero-order valence-electron chi connectivity index (χ0n) is 12.2. The molecule has 0 amide bonds. The van der Waals surface area contributed by atoms with Gasteiger partial charge in [0, 0.05) is 7.05 Å². The zero-order valence-corrected chi connectivity index (χ0v) is 13.0. The van der Waals surface area contributed by atoms with E-state index in [1.807, 2.05) is 6.07 Å². The molecule has 1 aromatic carbocycles. The largest absolute Gasteiger partial charge is 0.463 e. The summed E-state index contributed by atoms with van der Waals surface area (Å²) in [6.07, 6.45) is 3.01. The van der Waals surface area contributed by atoms with Gasteiger partial charge in [0.15, 0.2) is 0 Å². The van der Waals surface area contributed by atoms with Crippen molar-refractivity contribution in [1.29, 1.82) is 5.26 Å². The van der Waals surface area contributed by atoms with Gasteiger partial charge in [-0.2, -0.15) is 5.26 Å². The van der Waals surface area contributed by atoms with E-state index in [9.17, 15) is 9.59 Å². The van der Waals surface area contributed by atoms with E-state index in [0.717, 1.165) is 5.56 Å². The lowest BCUT2D eigenvalue weighted by Crippen LogP contribution is -2.29. The van der Waals surface area contributed by atoms with Gasteiger partial charge < -0.3 is 9.30 Å². The Morgan fingerprint density at radius 3 is 2.95 bits per heavy atom. The van der Waals surface area contributed by atoms with Crippen molar-refractivity contribution in [2.75, 3.05) is 6.61 Å². The number of rotatable bonds is 3. The quantitative estimate of drug-likeness (QED) is 0.773. The second kappa shape index (κ2) is 6.87. The van der Waals surface area contributed by atoms with Crippen LogP contribution in [0, 0.1) is 11.3 Å². The highest BCUT2D eigenvalue weighted by Crippen LogP contribution is 2.04. The van der Waals surface area contributed by atoms with Crippen LogP contribution in [-0.4, -0.2) is 17.1 Å². The molecule has 0 fully saturated rings. The first-order chi connectivity index (χ1) is 10.5. The Labute approximate surface area is 131 Å². The molecule has 0 aliphatic rings. The van der Waals surface area contributed by atoms with E-state index in [-0.39, 0.29) is 12.2 Å². The maximum Gasteiger partial charge on any atom is 0.333 e. The van der Waals surface area contributed by atoms with E-state index in [1.54, 1.807) is 38.2 Å². The Morgan fingerprint density at radius 1 is 1.50 bits per heavy atom. The molecule has 5 nitrogen and oxygen atoms in total. The number of esters is 1. The molecule has 2 aromatic rings. The first-order valence-electron chi connectivity index (χ1n) is 6.61. The summed E-state index contributed by atoms with van der Waals surface area (Å²) in [6.45, 7) is 2.01. The van der Waals surface area contributed by atoms with Crippen molar-refractivity contribution in [1.82, 2.24) is 4.57 Å². The smallest absolute Gasteiger partial charge is 0.333 e. The summed E-state index contributed by atoms with van der Waals surface area (Å²) in [5.74, 6) is -0.475. The number of carbonyl (C=O) groups is 1. The zero-order chi connectivity index (χ0) is 16.1. The maximum atomic E-state index is 12.2. The van der Waals surface area contributed by atoms with Crippen LogP contribution in [0.3, 0.4) is 0 Å². The normalized spacial score (nSPS) is 12.2. The van der Waals surface area contributed by atoms with Crippen molar-refractivity contribution < 1.29 is 9.53 Å². The number of nitrogens with zero attached hydrogens (tertiary/aromatic N) is 2. The van der Waals surface area contributed by atoms with Crippen molar-refractivity contribution in [2.45, 2.75) is 6.92 Å². The molecule has 0 unspecified atom stereocenters. The second-order valence-electron chi connectivity index (χ2n) is 4.45. The topological polar surface area (TPSA) is 72.1 Å². The van der Waals surface area contributed by atoms with E-state index in [0.29, 0.717) is 14.8 Å². The molecule has 0 N–H and O–H groups in total. The molecular weight excluding hydrogens is 300 g/mol. The maximum absolute atomic E-state index is 12.2. The fourth-order valence-corrected chi connectivity index (χ4v) is 2.86. The Kier molecular flexibility index (Phi) is 4.92. The number of hydrogen-bond acceptors (Lipinski definition) is 5. The number of benzene rings is 1. The molecule has 112 valence electrons. The van der Waals surface area contributed by atoms with Gasteiger partial charge in [-0.1, -0.05) is 12.1 Å². The third-order valence-corrected chi connectivity index (χ3v) is 4.02. The summed E-state index contributed by atoms with van der Waals surface area (Å²) >= 11 is 1.20. The summed E-state index contributed by atoms with van der Waals surface area (Å²) in [7, 11) is 1.60. The van der Waals surface area contributed by atoms with Gasteiger partial charge in [-0.3, -0.25) is 4.79 Å². The molecule has 0 saturated heterocycles. The second-order valence-corrected chi connectivity index (χ2v) is 5.51. The lowest BCUT2D eigenvalue weighted by molar-refractivity contribution is -0.135. The third kappa shape index (κ3) is 3.51. The molecule has 0 aliphatic heterocycles. The number of hydrogen-bond donors (Lipinski definition) is 0. The lowest BCUT2D eigenvalue weighted by atomic mass is 10.1. The first kappa shape index (κ1) is 15.7. The predicted octanol–water partition coefficient (Wildman–Crippen LogP) is 0.491. The van der Waals surface area contributed by atoms with Gasteiger partial charge in [0.1, 0.15) is 4.66 Å². The van der Waals surface area contributed by atoms with Crippen LogP contribution < -0.4 is 14.8 Å². The van der Waals surface area contributed by atoms with Crippen molar-refractivity contribution in [2.24, 2.45) is 7.05 Å². The first-order valence-corrected chi connectivity index (χ1v) is 7.43. The molecule has 1 aromatic heterocycles. The molecule has 0 radical (unpaired) electrons. The van der Waals surface area contributed by atoms with Gasteiger partial charge in [0.25, 0.3) is 5.56 Å². The number of carbonyl (C=O) groups excluding carboxylic acids is 1. The fourth-order valence-electron chi connectivity index (χ4n) is 1.84. The summed E-state index contributed by atoms with van der Waals surface area (Å²) in [6, 6.07) is 9.03.